The van der Waals surface area contributed by atoms with Crippen LogP contribution in [0.5, 0.6) is 5.75 Å². The Bertz CT molecular complexity index is 512. The fourth-order valence-electron chi connectivity index (χ4n) is 1.74. The van der Waals surface area contributed by atoms with Crippen molar-refractivity contribution in [2.24, 2.45) is 0 Å². The molecule has 0 radical (unpaired) electrons. The molecule has 2 N–H and O–H groups in total. The van der Waals surface area contributed by atoms with Crippen molar-refractivity contribution in [3.05, 3.63) is 23.3 Å². The fraction of sp³-hybridized carbons (Fsp3) is 0.400. The van der Waals surface area contributed by atoms with Gasteiger partial charge in [-0.3, -0.25) is 0 Å². The van der Waals surface area contributed by atoms with E-state index in [1.807, 2.05) is 0 Å². The van der Waals surface area contributed by atoms with Crippen LogP contribution >= 0.6 is 0 Å². The van der Waals surface area contributed by atoms with Gasteiger partial charge in [-0.15, -0.1) is 0 Å². The molecule has 0 aromatic heterocycles. The summed E-state index contributed by atoms with van der Waals surface area (Å²) in [5.74, 6) is -0.900. The first-order chi connectivity index (χ1) is 8.00. The number of alkyl halides is 6. The van der Waals surface area contributed by atoms with Gasteiger partial charge < -0.3 is 10.5 Å². The van der Waals surface area contributed by atoms with Gasteiger partial charge in [0.1, 0.15) is 5.75 Å². The lowest BCUT2D eigenvalue weighted by molar-refractivity contribution is -0.350. The van der Waals surface area contributed by atoms with Gasteiger partial charge in [-0.2, -0.15) is 22.0 Å². The summed E-state index contributed by atoms with van der Waals surface area (Å²) in [7, 11) is 0. The van der Waals surface area contributed by atoms with Crippen molar-refractivity contribution in [2.75, 3.05) is 5.73 Å². The largest absolute Gasteiger partial charge is 0.446 e. The van der Waals surface area contributed by atoms with Crippen LogP contribution < -0.4 is 10.5 Å². The molecule has 0 fully saturated rings. The SMILES string of the molecule is Cc1cc2c(cc1N)OC(F)(F)C2(F)C(F)(F)F. The van der Waals surface area contributed by atoms with Crippen LogP contribution in [-0.2, 0) is 5.67 Å². The summed E-state index contributed by atoms with van der Waals surface area (Å²) < 4.78 is 81.8. The Labute approximate surface area is 97.3 Å². The van der Waals surface area contributed by atoms with Crippen molar-refractivity contribution in [1.29, 1.82) is 0 Å². The quantitative estimate of drug-likeness (QED) is 0.580. The second kappa shape index (κ2) is 3.24. The maximum Gasteiger partial charge on any atom is 0.446 e. The van der Waals surface area contributed by atoms with E-state index < -0.39 is 29.3 Å². The zero-order chi connectivity index (χ0) is 13.9. The van der Waals surface area contributed by atoms with E-state index in [1.165, 1.54) is 6.92 Å². The Balaban J connectivity index is 2.74. The third-order valence-corrected chi connectivity index (χ3v) is 2.77. The maximum absolute atomic E-state index is 13.9. The zero-order valence-corrected chi connectivity index (χ0v) is 8.91. The second-order valence-corrected chi connectivity index (χ2v) is 3.98. The fourth-order valence-corrected chi connectivity index (χ4v) is 1.74. The van der Waals surface area contributed by atoms with Crippen LogP contribution in [0, 0.1) is 6.92 Å². The van der Waals surface area contributed by atoms with Crippen LogP contribution in [0.15, 0.2) is 12.1 Å². The Kier molecular flexibility index (Phi) is 2.31. The van der Waals surface area contributed by atoms with E-state index in [-0.39, 0.29) is 11.3 Å². The van der Waals surface area contributed by atoms with Gasteiger partial charge in [-0.1, -0.05) is 0 Å². The molecule has 1 heterocycles. The summed E-state index contributed by atoms with van der Waals surface area (Å²) in [6.07, 6.45) is -10.8. The van der Waals surface area contributed by atoms with Gasteiger partial charge in [0.15, 0.2) is 0 Å². The molecule has 0 bridgehead atoms. The van der Waals surface area contributed by atoms with E-state index in [2.05, 4.69) is 4.74 Å². The molecule has 2 nitrogen and oxygen atoms in total. The molecule has 0 aliphatic carbocycles. The predicted molar refractivity (Wildman–Crippen MR) is 50.0 cm³/mol. The molecule has 1 aliphatic heterocycles. The average molecular weight is 271 g/mol. The molecule has 0 spiro atoms. The Morgan fingerprint density at radius 3 is 2.22 bits per heavy atom. The lowest BCUT2D eigenvalue weighted by Gasteiger charge is -2.27. The molecule has 1 aromatic rings. The minimum atomic E-state index is -5.80. The molecule has 2 rings (SSSR count). The first kappa shape index (κ1) is 12.8. The van der Waals surface area contributed by atoms with E-state index in [9.17, 15) is 26.3 Å². The Morgan fingerprint density at radius 1 is 1.17 bits per heavy atom. The molecule has 0 amide bonds. The van der Waals surface area contributed by atoms with Crippen molar-refractivity contribution < 1.29 is 31.1 Å². The summed E-state index contributed by atoms with van der Waals surface area (Å²) in [4.78, 5) is 0. The highest BCUT2D eigenvalue weighted by atomic mass is 19.4. The molecule has 8 heteroatoms. The molecular weight excluding hydrogens is 264 g/mol. The highest BCUT2D eigenvalue weighted by Gasteiger charge is 2.78. The second-order valence-electron chi connectivity index (χ2n) is 3.98. The lowest BCUT2D eigenvalue weighted by Crippen LogP contribution is -2.51. The van der Waals surface area contributed by atoms with E-state index in [0.29, 0.717) is 6.07 Å². The number of aryl methyl sites for hydroxylation is 1. The minimum absolute atomic E-state index is 0.0568. The lowest BCUT2D eigenvalue weighted by atomic mass is 9.93. The monoisotopic (exact) mass is 271 g/mol. The summed E-state index contributed by atoms with van der Waals surface area (Å²) in [6.45, 7) is 1.28. The molecule has 0 saturated heterocycles. The van der Waals surface area contributed by atoms with Crippen LogP contribution in [0.1, 0.15) is 11.1 Å². The van der Waals surface area contributed by atoms with Crippen molar-refractivity contribution in [1.82, 2.24) is 0 Å². The number of nitrogens with two attached hydrogens (primary N) is 1. The standard InChI is InChI=1S/C10H7F6NO/c1-4-2-5-7(3-6(4)17)18-10(15,16)8(5,11)9(12,13)14/h2-3H,17H2,1H3. The third kappa shape index (κ3) is 1.37. The number of anilines is 1. The molecule has 1 aromatic carbocycles. The van der Waals surface area contributed by atoms with Gasteiger partial charge in [0.25, 0.3) is 0 Å². The Hall–Kier alpha value is -1.60. The van der Waals surface area contributed by atoms with Gasteiger partial charge in [-0.25, -0.2) is 4.39 Å². The minimum Gasteiger partial charge on any atom is -0.429 e. The summed E-state index contributed by atoms with van der Waals surface area (Å²) in [6, 6.07) is 1.38. The first-order valence-electron chi connectivity index (χ1n) is 4.74. The number of fused-ring (bicyclic) bond motifs is 1. The van der Waals surface area contributed by atoms with Crippen LogP contribution in [0.2, 0.25) is 0 Å². The van der Waals surface area contributed by atoms with Crippen LogP contribution in [-0.4, -0.2) is 12.3 Å². The normalized spacial score (nSPS) is 25.7. The summed E-state index contributed by atoms with van der Waals surface area (Å²) in [5.41, 5.74) is -0.777. The van der Waals surface area contributed by atoms with E-state index in [0.717, 1.165) is 6.07 Å². The topological polar surface area (TPSA) is 35.2 Å². The van der Waals surface area contributed by atoms with Crippen LogP contribution in [0.25, 0.3) is 0 Å². The average Bonchev–Trinajstić information content (AvgIpc) is 2.37. The first-order valence-corrected chi connectivity index (χ1v) is 4.74. The van der Waals surface area contributed by atoms with Crippen molar-refractivity contribution in [2.45, 2.75) is 24.9 Å². The van der Waals surface area contributed by atoms with Gasteiger partial charge in [0.05, 0.1) is 5.56 Å². The smallest absolute Gasteiger partial charge is 0.429 e. The van der Waals surface area contributed by atoms with Crippen molar-refractivity contribution >= 4 is 5.69 Å². The maximum atomic E-state index is 13.9. The molecule has 1 unspecified atom stereocenters. The highest BCUT2D eigenvalue weighted by molar-refractivity contribution is 5.58. The number of hydrogen-bond acceptors (Lipinski definition) is 2. The molecular formula is C10H7F6NO. The number of halogens is 6. The van der Waals surface area contributed by atoms with Gasteiger partial charge >= 0.3 is 18.0 Å². The van der Waals surface area contributed by atoms with Crippen molar-refractivity contribution in [3.8, 4) is 5.75 Å². The molecule has 1 atom stereocenters. The number of rotatable bonds is 0. The molecule has 100 valence electrons. The van der Waals surface area contributed by atoms with E-state index in [4.69, 9.17) is 5.73 Å². The summed E-state index contributed by atoms with van der Waals surface area (Å²) >= 11 is 0. The van der Waals surface area contributed by atoms with Crippen molar-refractivity contribution in [3.63, 3.8) is 0 Å². The number of hydrogen-bond donors (Lipinski definition) is 1. The number of benzene rings is 1. The molecule has 1 aliphatic rings. The third-order valence-electron chi connectivity index (χ3n) is 2.77. The van der Waals surface area contributed by atoms with E-state index in [1.54, 1.807) is 0 Å². The zero-order valence-electron chi connectivity index (χ0n) is 8.91. The van der Waals surface area contributed by atoms with Gasteiger partial charge in [0.2, 0.25) is 0 Å². The van der Waals surface area contributed by atoms with Gasteiger partial charge in [0, 0.05) is 11.8 Å². The number of nitrogen functional groups attached to an aromatic ring is 1. The predicted octanol–water partition coefficient (Wildman–Crippen LogP) is 3.29. The van der Waals surface area contributed by atoms with Crippen LogP contribution in [0.4, 0.5) is 32.0 Å². The summed E-state index contributed by atoms with van der Waals surface area (Å²) in [5, 5.41) is 0. The van der Waals surface area contributed by atoms with Gasteiger partial charge in [-0.05, 0) is 18.6 Å². The van der Waals surface area contributed by atoms with E-state index >= 15 is 0 Å². The Morgan fingerprint density at radius 2 is 1.72 bits per heavy atom. The molecule has 18 heavy (non-hydrogen) atoms. The van der Waals surface area contributed by atoms with Crippen LogP contribution in [0.3, 0.4) is 0 Å². The number of ether oxygens (including phenoxy) is 1. The molecule has 0 saturated carbocycles. The highest BCUT2D eigenvalue weighted by Crippen LogP contribution is 2.60.